The highest BCUT2D eigenvalue weighted by Crippen LogP contribution is 2.28. The number of unbranched alkanes of at least 4 members (excludes halogenated alkanes) is 1. The summed E-state index contributed by atoms with van der Waals surface area (Å²) >= 11 is 1.63. The van der Waals surface area contributed by atoms with E-state index in [1.54, 1.807) is 18.4 Å². The summed E-state index contributed by atoms with van der Waals surface area (Å²) in [5.74, 6) is 1.07. The zero-order valence-electron chi connectivity index (χ0n) is 16.0. The minimum absolute atomic E-state index is 0.124. The van der Waals surface area contributed by atoms with Crippen LogP contribution >= 0.6 is 11.3 Å². The van der Waals surface area contributed by atoms with Gasteiger partial charge in [-0.15, -0.1) is 0 Å². The van der Waals surface area contributed by atoms with E-state index >= 15 is 0 Å². The molecule has 0 bridgehead atoms. The summed E-state index contributed by atoms with van der Waals surface area (Å²) in [5.41, 5.74) is 2.29. The Bertz CT molecular complexity index is 697. The maximum Gasteiger partial charge on any atom is 0.224 e. The highest BCUT2D eigenvalue weighted by atomic mass is 32.1. The maximum atomic E-state index is 11.9. The van der Waals surface area contributed by atoms with Crippen LogP contribution in [-0.4, -0.2) is 57.2 Å². The third kappa shape index (κ3) is 5.97. The van der Waals surface area contributed by atoms with E-state index in [1.807, 2.05) is 29.0 Å². The Kier molecular flexibility index (Phi) is 7.54. The molecule has 6 heteroatoms. The van der Waals surface area contributed by atoms with Crippen molar-refractivity contribution in [3.63, 3.8) is 0 Å². The van der Waals surface area contributed by atoms with Gasteiger partial charge in [0.1, 0.15) is 5.75 Å². The van der Waals surface area contributed by atoms with Gasteiger partial charge in [0.25, 0.3) is 0 Å². The van der Waals surface area contributed by atoms with E-state index in [0.29, 0.717) is 6.42 Å². The third-order valence-electron chi connectivity index (χ3n) is 4.97. The van der Waals surface area contributed by atoms with E-state index in [0.717, 1.165) is 63.4 Å². The molecule has 1 amide bonds. The summed E-state index contributed by atoms with van der Waals surface area (Å²) in [6.07, 6.45) is 2.64. The van der Waals surface area contributed by atoms with Crippen molar-refractivity contribution in [1.82, 2.24) is 10.2 Å². The lowest BCUT2D eigenvalue weighted by Crippen LogP contribution is -2.46. The van der Waals surface area contributed by atoms with Crippen LogP contribution in [0.2, 0.25) is 0 Å². The van der Waals surface area contributed by atoms with Crippen molar-refractivity contribution in [3.8, 4) is 5.75 Å². The van der Waals surface area contributed by atoms with Gasteiger partial charge in [-0.1, -0.05) is 12.1 Å². The van der Waals surface area contributed by atoms with Crippen molar-refractivity contribution in [2.45, 2.75) is 19.3 Å². The number of nitrogens with zero attached hydrogens (tertiary/aromatic N) is 2. The number of hydrogen-bond acceptors (Lipinski definition) is 5. The van der Waals surface area contributed by atoms with Crippen LogP contribution in [0.15, 0.2) is 41.1 Å². The number of methoxy groups -OCH3 is 1. The van der Waals surface area contributed by atoms with Crippen molar-refractivity contribution in [2.75, 3.05) is 51.3 Å². The number of piperazine rings is 1. The Morgan fingerprint density at radius 3 is 2.70 bits per heavy atom. The standard InChI is InChI=1S/C21H29N3O2S/c1-26-20-7-3-2-6-19(20)24-13-11-23(12-14-24)10-5-4-9-22-21(25)16-18-8-15-27-17-18/h2-3,6-8,15,17H,4-5,9-14,16H2,1H3,(H,22,25). The highest BCUT2D eigenvalue weighted by Gasteiger charge is 2.19. The molecule has 1 N–H and O–H groups in total. The number of carbonyl (C=O) groups excluding carboxylic acids is 1. The normalized spacial score (nSPS) is 14.9. The van der Waals surface area contributed by atoms with E-state index in [9.17, 15) is 4.79 Å². The Labute approximate surface area is 165 Å². The molecule has 0 spiro atoms. The molecule has 1 aromatic heterocycles. The third-order valence-corrected chi connectivity index (χ3v) is 5.70. The minimum atomic E-state index is 0.124. The predicted octanol–water partition coefficient (Wildman–Crippen LogP) is 3.02. The quantitative estimate of drug-likeness (QED) is 0.672. The first kappa shape index (κ1) is 19.7. The lowest BCUT2D eigenvalue weighted by Gasteiger charge is -2.36. The second-order valence-electron chi connectivity index (χ2n) is 6.87. The van der Waals surface area contributed by atoms with Crippen molar-refractivity contribution in [3.05, 3.63) is 46.7 Å². The summed E-state index contributed by atoms with van der Waals surface area (Å²) in [6, 6.07) is 10.2. The molecule has 1 saturated heterocycles. The number of ether oxygens (including phenoxy) is 1. The second-order valence-corrected chi connectivity index (χ2v) is 7.65. The monoisotopic (exact) mass is 387 g/mol. The van der Waals surface area contributed by atoms with Gasteiger partial charge < -0.3 is 15.0 Å². The van der Waals surface area contributed by atoms with E-state index in [2.05, 4.69) is 27.2 Å². The lowest BCUT2D eigenvalue weighted by atomic mass is 10.2. The Morgan fingerprint density at radius 1 is 1.15 bits per heavy atom. The molecule has 1 fully saturated rings. The van der Waals surface area contributed by atoms with E-state index < -0.39 is 0 Å². The van der Waals surface area contributed by atoms with Crippen LogP contribution in [0.3, 0.4) is 0 Å². The van der Waals surface area contributed by atoms with E-state index in [-0.39, 0.29) is 5.91 Å². The van der Waals surface area contributed by atoms with Gasteiger partial charge >= 0.3 is 0 Å². The number of nitrogens with one attached hydrogen (secondary N) is 1. The van der Waals surface area contributed by atoms with Crippen molar-refractivity contribution >= 4 is 22.9 Å². The summed E-state index contributed by atoms with van der Waals surface area (Å²) in [6.45, 7) is 6.06. The van der Waals surface area contributed by atoms with Crippen LogP contribution in [0.4, 0.5) is 5.69 Å². The lowest BCUT2D eigenvalue weighted by molar-refractivity contribution is -0.120. The fourth-order valence-electron chi connectivity index (χ4n) is 3.43. The Hall–Kier alpha value is -2.05. The Morgan fingerprint density at radius 2 is 1.96 bits per heavy atom. The zero-order chi connectivity index (χ0) is 18.9. The topological polar surface area (TPSA) is 44.8 Å². The molecule has 0 aliphatic carbocycles. The fraction of sp³-hybridized carbons (Fsp3) is 0.476. The second kappa shape index (κ2) is 10.3. The van der Waals surface area contributed by atoms with Crippen molar-refractivity contribution in [1.29, 1.82) is 0 Å². The number of thiophene rings is 1. The molecule has 2 heterocycles. The van der Waals surface area contributed by atoms with Gasteiger partial charge in [-0.05, 0) is 53.9 Å². The molecule has 0 radical (unpaired) electrons. The highest BCUT2D eigenvalue weighted by molar-refractivity contribution is 7.08. The number of amides is 1. The first-order chi connectivity index (χ1) is 13.3. The van der Waals surface area contributed by atoms with Gasteiger partial charge in [0.05, 0.1) is 19.2 Å². The number of carbonyl (C=O) groups is 1. The molecule has 0 saturated carbocycles. The molecule has 1 aromatic carbocycles. The molecule has 1 aliphatic heterocycles. The molecule has 1 aliphatic rings. The number of anilines is 1. The van der Waals surface area contributed by atoms with Gasteiger partial charge in [-0.2, -0.15) is 11.3 Å². The number of benzene rings is 1. The number of rotatable bonds is 9. The molecule has 2 aromatic rings. The van der Waals surface area contributed by atoms with Crippen LogP contribution in [0, 0.1) is 0 Å². The molecule has 27 heavy (non-hydrogen) atoms. The Balaban J connectivity index is 1.29. The minimum Gasteiger partial charge on any atom is -0.495 e. The van der Waals surface area contributed by atoms with Gasteiger partial charge in [0, 0.05) is 32.7 Å². The summed E-state index contributed by atoms with van der Waals surface area (Å²) in [5, 5.41) is 7.07. The average molecular weight is 388 g/mol. The van der Waals surface area contributed by atoms with E-state index in [1.165, 1.54) is 5.69 Å². The molecule has 5 nitrogen and oxygen atoms in total. The van der Waals surface area contributed by atoms with Crippen LogP contribution in [0.1, 0.15) is 18.4 Å². The van der Waals surface area contributed by atoms with Gasteiger partial charge in [0.15, 0.2) is 0 Å². The van der Waals surface area contributed by atoms with Crippen LogP contribution < -0.4 is 15.0 Å². The average Bonchev–Trinajstić information content (AvgIpc) is 3.21. The molecule has 146 valence electrons. The summed E-state index contributed by atoms with van der Waals surface area (Å²) in [4.78, 5) is 16.8. The number of para-hydroxylation sites is 2. The van der Waals surface area contributed by atoms with Crippen LogP contribution in [0.25, 0.3) is 0 Å². The predicted molar refractivity (Wildman–Crippen MR) is 112 cm³/mol. The largest absolute Gasteiger partial charge is 0.495 e. The first-order valence-electron chi connectivity index (χ1n) is 9.64. The summed E-state index contributed by atoms with van der Waals surface area (Å²) < 4.78 is 5.48. The van der Waals surface area contributed by atoms with Gasteiger partial charge in [-0.3, -0.25) is 9.69 Å². The zero-order valence-corrected chi connectivity index (χ0v) is 16.8. The molecule has 0 atom stereocenters. The van der Waals surface area contributed by atoms with Crippen LogP contribution in [0.5, 0.6) is 5.75 Å². The van der Waals surface area contributed by atoms with E-state index in [4.69, 9.17) is 4.74 Å². The molecular formula is C21H29N3O2S. The molecule has 0 unspecified atom stereocenters. The molecular weight excluding hydrogens is 358 g/mol. The van der Waals surface area contributed by atoms with Gasteiger partial charge in [0.2, 0.25) is 5.91 Å². The van der Waals surface area contributed by atoms with Crippen molar-refractivity contribution in [2.24, 2.45) is 0 Å². The van der Waals surface area contributed by atoms with Crippen molar-refractivity contribution < 1.29 is 9.53 Å². The number of hydrogen-bond donors (Lipinski definition) is 1. The summed E-state index contributed by atoms with van der Waals surface area (Å²) in [7, 11) is 1.73. The molecule has 3 rings (SSSR count). The van der Waals surface area contributed by atoms with Gasteiger partial charge in [-0.25, -0.2) is 0 Å². The van der Waals surface area contributed by atoms with Crippen LogP contribution in [-0.2, 0) is 11.2 Å². The maximum absolute atomic E-state index is 11.9. The SMILES string of the molecule is COc1ccccc1N1CCN(CCCCNC(=O)Cc2ccsc2)CC1. The first-order valence-corrected chi connectivity index (χ1v) is 10.6. The smallest absolute Gasteiger partial charge is 0.224 e. The fourth-order valence-corrected chi connectivity index (χ4v) is 4.10.